The molecular weight excluding hydrogens is 1220 g/mol. The molecule has 0 aromatic rings. The number of rotatable bonds is 27. The number of aliphatic hydroxyl groups excluding tert-OH is 10. The number of likely N-dealkylation sites (N-methyl/N-ethyl adjacent to an activating group) is 3. The summed E-state index contributed by atoms with van der Waals surface area (Å²) in [5, 5.41) is 88.3. The number of urea groups is 8. The maximum atomic E-state index is 12.4. The van der Waals surface area contributed by atoms with E-state index in [0.717, 1.165) is 24.5 Å². The number of methoxy groups -OCH3 is 7. The van der Waals surface area contributed by atoms with Gasteiger partial charge in [0.25, 0.3) is 0 Å². The SMILES string of the molecule is CCN(CC)C(=O)N(COC)COC.CCN1C(=O)N(COC)C(OC)C1C.CCN1C(=O)N(COC)C2C1N(CC)C(=O)N2COC.COC1C(C)N(CO)C(=O)N1CO.O=C(N(CO)CO)N(CO)CO.O=C1N(CO)C2C(N1CO)N(CO)C(=O)N2CO. The van der Waals surface area contributed by atoms with Crippen LogP contribution < -0.4 is 0 Å². The third-order valence-electron chi connectivity index (χ3n) is 14.8. The van der Waals surface area contributed by atoms with Crippen molar-refractivity contribution >= 4 is 48.2 Å². The molecule has 91 heavy (non-hydrogen) atoms. The van der Waals surface area contributed by atoms with E-state index < -0.39 is 103 Å². The molecule has 0 radical (unpaired) electrons. The first-order chi connectivity index (χ1) is 43.5. The normalized spacial score (nSPS) is 22.3. The van der Waals surface area contributed by atoms with E-state index >= 15 is 0 Å². The van der Waals surface area contributed by atoms with E-state index in [4.69, 9.17) is 84.2 Å². The van der Waals surface area contributed by atoms with Crippen molar-refractivity contribution < 1.29 is 123 Å². The maximum absolute atomic E-state index is 12.4. The lowest BCUT2D eigenvalue weighted by atomic mass is 10.3. The molecule has 16 amide bonds. The second kappa shape index (κ2) is 41.9. The van der Waals surface area contributed by atoms with Crippen molar-refractivity contribution in [2.45, 2.75) is 97.7 Å². The first-order valence-electron chi connectivity index (χ1n) is 28.6. The summed E-state index contributed by atoms with van der Waals surface area (Å²) in [6.07, 6.45) is -3.24. The van der Waals surface area contributed by atoms with Crippen molar-refractivity contribution in [2.75, 3.05) is 183 Å². The molecule has 6 saturated heterocycles. The second-order valence-electron chi connectivity index (χ2n) is 19.5. The van der Waals surface area contributed by atoms with Crippen LogP contribution in [0.25, 0.3) is 0 Å². The average molecular weight is 1330 g/mol. The minimum Gasteiger partial charge on any atom is -0.376 e. The first-order valence-corrected chi connectivity index (χ1v) is 28.6. The van der Waals surface area contributed by atoms with E-state index in [2.05, 4.69) is 0 Å². The van der Waals surface area contributed by atoms with Gasteiger partial charge in [0.15, 0.2) is 31.0 Å². The van der Waals surface area contributed by atoms with Gasteiger partial charge in [-0.1, -0.05) is 0 Å². The van der Waals surface area contributed by atoms with Gasteiger partial charge in [0.2, 0.25) is 0 Å². The number of hydrogen-bond donors (Lipinski definition) is 10. The molecule has 10 N–H and O–H groups in total. The minimum atomic E-state index is -0.945. The van der Waals surface area contributed by atoms with Gasteiger partial charge in [0.1, 0.15) is 107 Å². The Morgan fingerprint density at radius 3 is 0.879 bits per heavy atom. The highest BCUT2D eigenvalue weighted by Gasteiger charge is 2.60. The number of fused-ring (bicyclic) bond motifs is 2. The zero-order valence-electron chi connectivity index (χ0n) is 54.5. The molecule has 4 atom stereocenters. The highest BCUT2D eigenvalue weighted by atomic mass is 16.5. The molecule has 41 heteroatoms. The molecule has 530 valence electrons. The third-order valence-corrected chi connectivity index (χ3v) is 14.8. The van der Waals surface area contributed by atoms with Gasteiger partial charge in [-0.05, 0) is 48.5 Å². The number of nitrogens with zero attached hydrogens (tertiary/aromatic N) is 16. The summed E-state index contributed by atoms with van der Waals surface area (Å²) in [7, 11) is 10.8. The monoisotopic (exact) mass is 1320 g/mol. The second-order valence-corrected chi connectivity index (χ2v) is 19.5. The van der Waals surface area contributed by atoms with E-state index in [1.54, 1.807) is 69.7 Å². The van der Waals surface area contributed by atoms with Gasteiger partial charge in [-0.3, -0.25) is 58.8 Å². The lowest BCUT2D eigenvalue weighted by molar-refractivity contribution is -0.0456. The number of carbonyl (C=O) groups is 8. The quantitative estimate of drug-likeness (QED) is 0.0346. The van der Waals surface area contributed by atoms with E-state index in [9.17, 15) is 38.4 Å². The van der Waals surface area contributed by atoms with Gasteiger partial charge < -0.3 is 104 Å². The van der Waals surface area contributed by atoms with Gasteiger partial charge in [0, 0.05) is 82.5 Å². The number of ether oxygens (including phenoxy) is 7. The van der Waals surface area contributed by atoms with Crippen LogP contribution in [0.1, 0.15) is 48.5 Å². The third kappa shape index (κ3) is 19.1. The molecule has 0 bridgehead atoms. The number of amides is 16. The van der Waals surface area contributed by atoms with E-state index in [1.807, 2.05) is 41.5 Å². The molecule has 0 aromatic heterocycles. The van der Waals surface area contributed by atoms with Crippen LogP contribution in [-0.2, 0) is 33.2 Å². The Bertz CT molecular complexity index is 2080. The highest BCUT2D eigenvalue weighted by molar-refractivity contribution is 5.86. The molecule has 0 aromatic carbocycles. The van der Waals surface area contributed by atoms with Crippen molar-refractivity contribution in [3.63, 3.8) is 0 Å². The van der Waals surface area contributed by atoms with Crippen LogP contribution in [0.5, 0.6) is 0 Å². The average Bonchev–Trinajstić information content (AvgIpc) is 1.59. The first kappa shape index (κ1) is 82.5. The summed E-state index contributed by atoms with van der Waals surface area (Å²) < 4.78 is 35.3. The summed E-state index contributed by atoms with van der Waals surface area (Å²) in [4.78, 5) is 115. The van der Waals surface area contributed by atoms with Gasteiger partial charge in [-0.15, -0.1) is 0 Å². The summed E-state index contributed by atoms with van der Waals surface area (Å²) in [5.74, 6) is 0. The summed E-state index contributed by atoms with van der Waals surface area (Å²) in [6, 6.07) is -3.10. The van der Waals surface area contributed by atoms with Crippen molar-refractivity contribution in [3.8, 4) is 0 Å². The molecule has 0 aliphatic carbocycles. The zero-order chi connectivity index (χ0) is 69.6. The Hall–Kier alpha value is -6.52. The molecule has 6 rings (SSSR count). The topological polar surface area (TPSA) is 455 Å². The van der Waals surface area contributed by atoms with Crippen molar-refractivity contribution in [3.05, 3.63) is 0 Å². The predicted molar refractivity (Wildman–Crippen MR) is 311 cm³/mol. The summed E-state index contributed by atoms with van der Waals surface area (Å²) in [5.41, 5.74) is 0. The Morgan fingerprint density at radius 2 is 0.604 bits per heavy atom. The van der Waals surface area contributed by atoms with Crippen molar-refractivity contribution in [1.29, 1.82) is 0 Å². The van der Waals surface area contributed by atoms with Crippen LogP contribution in [-0.4, -0.2) is 410 Å². The van der Waals surface area contributed by atoms with Crippen LogP contribution in [0, 0.1) is 0 Å². The fraction of sp³-hybridized carbons (Fsp3) is 0.840. The fourth-order valence-electron chi connectivity index (χ4n) is 10.4. The van der Waals surface area contributed by atoms with Gasteiger partial charge in [-0.25, -0.2) is 38.4 Å². The number of carbonyl (C=O) groups excluding carboxylic acids is 8. The largest absolute Gasteiger partial charge is 0.376 e. The van der Waals surface area contributed by atoms with Gasteiger partial charge >= 0.3 is 48.2 Å². The van der Waals surface area contributed by atoms with Crippen molar-refractivity contribution in [1.82, 2.24) is 78.4 Å². The summed E-state index contributed by atoms with van der Waals surface area (Å²) in [6.45, 7) is 11.5. The molecule has 6 aliphatic rings. The van der Waals surface area contributed by atoms with Crippen LogP contribution in [0.2, 0.25) is 0 Å². The smallest absolute Gasteiger partial charge is 0.327 e. The Labute approximate surface area is 529 Å². The molecule has 6 aliphatic heterocycles. The molecule has 6 heterocycles. The lowest BCUT2D eigenvalue weighted by Crippen LogP contribution is -2.47. The van der Waals surface area contributed by atoms with Crippen molar-refractivity contribution in [2.24, 2.45) is 0 Å². The molecule has 41 nitrogen and oxygen atoms in total. The minimum absolute atomic E-state index is 0.0197. The molecule has 0 spiro atoms. The Morgan fingerprint density at radius 1 is 0.341 bits per heavy atom. The standard InChI is InChI=1S/C12H22N4O4.C9H18N2O3.C9H20N2O3.C8H14N4O6.C7H14N2O4.C5H12N2O5/c1-5-13-9-10(15(7-19-3)11(13)17)16(8-20-4)12(18)14(9)6-2;1-5-10-7(2)8(14-4)11(6-13-3)9(10)12;1-5-10(6-2)9(12)11(7-13-3)8-14-4;13-1-9-5-6(11(3-15)7(9)17)12(4-16)8(18)10(5)2-14;1-5-6(13-2)9(4-11)7(12)8(5)3-10;8-1-6(2-9)5(12)7(3-10)4-11/h9-10H,5-8H2,1-4H3;7-8H,5-6H2,1-4H3;5-8H2,1-4H3;5-6,13-16H,1-4H2;5-6,10-11H,3-4H2,1-2H3;8-11H,1-4H2. The van der Waals surface area contributed by atoms with Crippen LogP contribution in [0.15, 0.2) is 0 Å². The maximum Gasteiger partial charge on any atom is 0.327 e. The zero-order valence-corrected chi connectivity index (χ0v) is 54.5. The van der Waals surface area contributed by atoms with E-state index in [0.29, 0.717) is 42.5 Å². The summed E-state index contributed by atoms with van der Waals surface area (Å²) >= 11 is 0. The lowest BCUT2D eigenvalue weighted by Gasteiger charge is -2.28. The number of aliphatic hydroxyl groups is 10. The fourth-order valence-corrected chi connectivity index (χ4v) is 10.4. The highest BCUT2D eigenvalue weighted by Crippen LogP contribution is 2.36. The number of hydrogen-bond acceptors (Lipinski definition) is 25. The van der Waals surface area contributed by atoms with E-state index in [-0.39, 0.29) is 95.2 Å². The predicted octanol–water partition coefficient (Wildman–Crippen LogP) is -4.56. The Balaban J connectivity index is 0.000000552. The molecule has 6 fully saturated rings. The molecule has 4 unspecified atom stereocenters. The van der Waals surface area contributed by atoms with E-state index in [1.165, 1.54) is 31.1 Å². The van der Waals surface area contributed by atoms with Gasteiger partial charge in [-0.2, -0.15) is 0 Å². The van der Waals surface area contributed by atoms with Crippen LogP contribution in [0.3, 0.4) is 0 Å². The Kier molecular flexibility index (Phi) is 37.9. The molecular formula is C50H100N16O25. The van der Waals surface area contributed by atoms with Gasteiger partial charge in [0.05, 0.1) is 12.1 Å². The van der Waals surface area contributed by atoms with Crippen LogP contribution >= 0.6 is 0 Å². The van der Waals surface area contributed by atoms with Crippen LogP contribution in [0.4, 0.5) is 38.4 Å². The molecule has 0 saturated carbocycles.